The molecule has 2 heterocycles. The summed E-state index contributed by atoms with van der Waals surface area (Å²) < 4.78 is 0. The molecule has 1 fully saturated rings. The molecule has 1 aliphatic carbocycles. The van der Waals surface area contributed by atoms with Crippen molar-refractivity contribution in [1.82, 2.24) is 5.01 Å². The van der Waals surface area contributed by atoms with Gasteiger partial charge in [-0.05, 0) is 42.7 Å². The monoisotopic (exact) mass is 360 g/mol. The molecule has 1 unspecified atom stereocenters. The number of nitrogens with two attached hydrogens (primary N) is 2. The number of carbonyl (C=O) groups excluding carboxylic acids is 1. The number of benzene rings is 1. The van der Waals surface area contributed by atoms with Gasteiger partial charge in [0.15, 0.2) is 0 Å². The number of thiophene rings is 1. The molecule has 24 heavy (non-hydrogen) atoms. The number of hydrogen-bond acceptors (Lipinski definition) is 5. The van der Waals surface area contributed by atoms with Crippen LogP contribution in [-0.2, 0) is 4.79 Å². The lowest BCUT2D eigenvalue weighted by atomic mass is 9.95. The molecule has 1 aromatic carbocycles. The van der Waals surface area contributed by atoms with Gasteiger partial charge in [0.2, 0.25) is 0 Å². The van der Waals surface area contributed by atoms with Crippen LogP contribution < -0.4 is 16.9 Å². The maximum Gasteiger partial charge on any atom is 0.266 e. The van der Waals surface area contributed by atoms with E-state index in [1.54, 1.807) is 17.4 Å². The zero-order valence-electron chi connectivity index (χ0n) is 12.8. The summed E-state index contributed by atoms with van der Waals surface area (Å²) in [5, 5.41) is 6.65. The minimum absolute atomic E-state index is 0.294. The summed E-state index contributed by atoms with van der Waals surface area (Å²) in [4.78, 5) is 12.8. The Kier molecular flexibility index (Phi) is 3.75. The summed E-state index contributed by atoms with van der Waals surface area (Å²) in [6.45, 7) is 0. The van der Waals surface area contributed by atoms with Gasteiger partial charge >= 0.3 is 0 Å². The highest BCUT2D eigenvalue weighted by Gasteiger charge is 2.33. The molecule has 1 aliphatic heterocycles. The van der Waals surface area contributed by atoms with E-state index in [-0.39, 0.29) is 6.04 Å². The van der Waals surface area contributed by atoms with Gasteiger partial charge in [-0.1, -0.05) is 23.7 Å². The van der Waals surface area contributed by atoms with Gasteiger partial charge in [-0.15, -0.1) is 11.3 Å². The lowest BCUT2D eigenvalue weighted by Gasteiger charge is -2.33. The Balaban J connectivity index is 1.81. The van der Waals surface area contributed by atoms with E-state index in [1.165, 1.54) is 17.9 Å². The van der Waals surface area contributed by atoms with E-state index in [2.05, 4.69) is 11.4 Å². The molecule has 0 spiro atoms. The average Bonchev–Trinajstić information content (AvgIpc) is 3.24. The first-order chi connectivity index (χ1) is 11.5. The van der Waals surface area contributed by atoms with Crippen LogP contribution in [0.4, 0.5) is 5.00 Å². The number of hydrogen-bond donors (Lipinski definition) is 3. The summed E-state index contributed by atoms with van der Waals surface area (Å²) >= 11 is 7.76. The smallest absolute Gasteiger partial charge is 0.266 e. The van der Waals surface area contributed by atoms with Crippen molar-refractivity contribution in [2.24, 2.45) is 11.6 Å². The normalized spacial score (nSPS) is 19.7. The summed E-state index contributed by atoms with van der Waals surface area (Å²) in [7, 11) is 0. The zero-order chi connectivity index (χ0) is 16.8. The first-order valence-electron chi connectivity index (χ1n) is 7.74. The second kappa shape index (κ2) is 5.81. The maximum atomic E-state index is 11.8. The van der Waals surface area contributed by atoms with Crippen LogP contribution in [0.15, 0.2) is 36.0 Å². The lowest BCUT2D eigenvalue weighted by molar-refractivity contribution is -0.116. The highest BCUT2D eigenvalue weighted by Crippen LogP contribution is 2.43. The molecule has 1 saturated carbocycles. The Morgan fingerprint density at radius 1 is 1.33 bits per heavy atom. The second-order valence-corrected chi connectivity index (χ2v) is 7.63. The molecule has 0 radical (unpaired) electrons. The Morgan fingerprint density at radius 2 is 2.12 bits per heavy atom. The van der Waals surface area contributed by atoms with Crippen molar-refractivity contribution in [3.05, 3.63) is 57.1 Å². The fourth-order valence-electron chi connectivity index (χ4n) is 2.95. The van der Waals surface area contributed by atoms with Crippen molar-refractivity contribution in [2.45, 2.75) is 24.9 Å². The van der Waals surface area contributed by atoms with Crippen LogP contribution >= 0.6 is 22.9 Å². The number of fused-ring (bicyclic) bond motifs is 1. The number of anilines is 1. The fraction of sp³-hybridized carbons (Fsp3) is 0.235. The molecule has 5 N–H and O–H groups in total. The molecule has 124 valence electrons. The van der Waals surface area contributed by atoms with Crippen LogP contribution in [0.1, 0.15) is 34.9 Å². The third-order valence-corrected chi connectivity index (χ3v) is 5.51. The molecular weight excluding hydrogens is 344 g/mol. The Labute approximate surface area is 148 Å². The maximum absolute atomic E-state index is 11.8. The second-order valence-electron chi connectivity index (χ2n) is 6.11. The van der Waals surface area contributed by atoms with Crippen molar-refractivity contribution in [1.29, 1.82) is 0 Å². The van der Waals surface area contributed by atoms with Crippen molar-refractivity contribution in [2.75, 3.05) is 5.32 Å². The minimum Gasteiger partial charge on any atom is -0.374 e. The Bertz CT molecular complexity index is 843. The molecule has 2 aliphatic rings. The average molecular weight is 361 g/mol. The van der Waals surface area contributed by atoms with Crippen LogP contribution in [0.25, 0.3) is 6.08 Å². The van der Waals surface area contributed by atoms with Crippen LogP contribution in [0, 0.1) is 0 Å². The molecule has 0 saturated heterocycles. The molecule has 1 aromatic heterocycles. The van der Waals surface area contributed by atoms with E-state index < -0.39 is 5.91 Å². The summed E-state index contributed by atoms with van der Waals surface area (Å²) in [5.74, 6) is 5.71. The van der Waals surface area contributed by atoms with Crippen molar-refractivity contribution < 1.29 is 4.79 Å². The topological polar surface area (TPSA) is 84.4 Å². The largest absolute Gasteiger partial charge is 0.374 e. The molecule has 5 nitrogen and oxygen atoms in total. The third kappa shape index (κ3) is 2.77. The molecule has 1 atom stereocenters. The van der Waals surface area contributed by atoms with Crippen LogP contribution in [0.5, 0.6) is 0 Å². The Hall–Kier alpha value is -2.02. The van der Waals surface area contributed by atoms with E-state index in [4.69, 9.17) is 23.2 Å². The van der Waals surface area contributed by atoms with Gasteiger partial charge in [0.25, 0.3) is 5.91 Å². The zero-order valence-corrected chi connectivity index (χ0v) is 14.4. The van der Waals surface area contributed by atoms with E-state index >= 15 is 0 Å². The molecule has 4 rings (SSSR count). The van der Waals surface area contributed by atoms with Gasteiger partial charge in [-0.25, -0.2) is 5.84 Å². The fourth-order valence-corrected chi connectivity index (χ4v) is 4.25. The number of carbonyl (C=O) groups is 1. The number of nitrogens with zero attached hydrogens (tertiary/aromatic N) is 1. The number of primary amides is 1. The molecule has 7 heteroatoms. The van der Waals surface area contributed by atoms with Gasteiger partial charge in [0.1, 0.15) is 5.70 Å². The van der Waals surface area contributed by atoms with Crippen LogP contribution in [0.3, 0.4) is 0 Å². The van der Waals surface area contributed by atoms with Gasteiger partial charge < -0.3 is 11.1 Å². The number of hydrazine groups is 1. The predicted molar refractivity (Wildman–Crippen MR) is 97.5 cm³/mol. The minimum atomic E-state index is -0.541. The van der Waals surface area contributed by atoms with Gasteiger partial charge in [-0.3, -0.25) is 9.80 Å². The Morgan fingerprint density at radius 3 is 2.79 bits per heavy atom. The number of nitrogens with one attached hydrogen (secondary N) is 1. The number of halogens is 1. The number of amides is 1. The summed E-state index contributed by atoms with van der Waals surface area (Å²) in [6.07, 6.45) is 4.17. The molecule has 1 amide bonds. The summed E-state index contributed by atoms with van der Waals surface area (Å²) in [6, 6.07) is 9.89. The van der Waals surface area contributed by atoms with E-state index in [9.17, 15) is 4.79 Å². The lowest BCUT2D eigenvalue weighted by Crippen LogP contribution is -2.41. The first-order valence-corrected chi connectivity index (χ1v) is 8.93. The molecule has 2 aromatic rings. The number of rotatable bonds is 4. The SMILES string of the molecule is NC(=O)C1=Cc2sc(NC3CC3)cc2C(c2cccc(Cl)c2)N1N. The van der Waals surface area contributed by atoms with Crippen molar-refractivity contribution >= 4 is 39.9 Å². The van der Waals surface area contributed by atoms with Gasteiger partial charge in [-0.2, -0.15) is 0 Å². The summed E-state index contributed by atoms with van der Waals surface area (Å²) in [5.41, 5.74) is 7.79. The van der Waals surface area contributed by atoms with Gasteiger partial charge in [0, 0.05) is 21.5 Å². The quantitative estimate of drug-likeness (QED) is 0.731. The molecular formula is C17H17ClN4OS. The van der Waals surface area contributed by atoms with Crippen molar-refractivity contribution in [3.8, 4) is 0 Å². The first kappa shape index (κ1) is 15.5. The van der Waals surface area contributed by atoms with Crippen molar-refractivity contribution in [3.63, 3.8) is 0 Å². The highest BCUT2D eigenvalue weighted by atomic mass is 35.5. The van der Waals surface area contributed by atoms with Gasteiger partial charge in [0.05, 0.1) is 11.0 Å². The van der Waals surface area contributed by atoms with E-state index in [0.29, 0.717) is 16.8 Å². The van der Waals surface area contributed by atoms with Crippen LogP contribution in [-0.4, -0.2) is 17.0 Å². The highest BCUT2D eigenvalue weighted by molar-refractivity contribution is 7.17. The van der Waals surface area contributed by atoms with E-state index in [0.717, 1.165) is 21.0 Å². The van der Waals surface area contributed by atoms with Crippen LogP contribution in [0.2, 0.25) is 5.02 Å². The predicted octanol–water partition coefficient (Wildman–Crippen LogP) is 3.08. The standard InChI is InChI=1S/C17H17ClN4OS/c18-10-3-1-2-9(6-10)16-12-7-15(21-11-4-5-11)24-14(12)8-13(17(19)23)22(16)20/h1-3,6-8,11,16,21H,4-5,20H2,(H2,19,23). The van der Waals surface area contributed by atoms with E-state index in [1.807, 2.05) is 24.3 Å². The third-order valence-electron chi connectivity index (χ3n) is 4.25. The molecule has 0 bridgehead atoms.